The number of rotatable bonds is 7. The Labute approximate surface area is 167 Å². The molecule has 150 valence electrons. The summed E-state index contributed by atoms with van der Waals surface area (Å²) < 4.78 is 16.0. The van der Waals surface area contributed by atoms with Gasteiger partial charge < -0.3 is 18.9 Å². The molecule has 29 heavy (non-hydrogen) atoms. The molecule has 0 saturated carbocycles. The monoisotopic (exact) mass is 395 g/mol. The fourth-order valence-electron chi connectivity index (χ4n) is 3.11. The minimum atomic E-state index is -0.597. The van der Waals surface area contributed by atoms with Gasteiger partial charge in [0, 0.05) is 13.1 Å². The van der Waals surface area contributed by atoms with Gasteiger partial charge in [0.25, 0.3) is 5.89 Å². The van der Waals surface area contributed by atoms with Crippen LogP contribution >= 0.6 is 0 Å². The molecule has 0 amide bonds. The van der Waals surface area contributed by atoms with E-state index in [2.05, 4.69) is 25.2 Å². The molecule has 0 atom stereocenters. The molecular formula is C20H21N5O4. The van der Waals surface area contributed by atoms with E-state index in [0.29, 0.717) is 23.7 Å². The molecule has 1 fully saturated rings. The molecule has 0 spiro atoms. The summed E-state index contributed by atoms with van der Waals surface area (Å²) in [7, 11) is 0. The van der Waals surface area contributed by atoms with E-state index in [1.165, 1.54) is 0 Å². The van der Waals surface area contributed by atoms with Crippen molar-refractivity contribution in [2.75, 3.05) is 24.6 Å². The van der Waals surface area contributed by atoms with Crippen LogP contribution in [0.15, 0.2) is 40.9 Å². The zero-order valence-corrected chi connectivity index (χ0v) is 16.1. The molecule has 1 aliphatic heterocycles. The Morgan fingerprint density at radius 2 is 1.97 bits per heavy atom. The fourth-order valence-corrected chi connectivity index (χ4v) is 3.11. The number of carbonyl (C=O) groups excluding carboxylic acids is 1. The SMILES string of the molecule is CCOc1ccccc1-c1noc(COC(=O)c2ccc(N3CCCC3)nn2)n1. The van der Waals surface area contributed by atoms with Crippen LogP contribution in [0.1, 0.15) is 36.1 Å². The van der Waals surface area contributed by atoms with Crippen molar-refractivity contribution in [1.29, 1.82) is 0 Å². The number of aromatic nitrogens is 4. The average Bonchev–Trinajstić information content (AvgIpc) is 3.45. The lowest BCUT2D eigenvalue weighted by Gasteiger charge is -2.14. The second kappa shape index (κ2) is 8.68. The molecule has 0 unspecified atom stereocenters. The van der Waals surface area contributed by atoms with E-state index in [1.54, 1.807) is 12.1 Å². The molecule has 1 aromatic carbocycles. The zero-order valence-electron chi connectivity index (χ0n) is 16.1. The van der Waals surface area contributed by atoms with Crippen molar-refractivity contribution < 1.29 is 18.8 Å². The van der Waals surface area contributed by atoms with E-state index >= 15 is 0 Å². The van der Waals surface area contributed by atoms with E-state index in [4.69, 9.17) is 14.0 Å². The van der Waals surface area contributed by atoms with E-state index in [-0.39, 0.29) is 18.2 Å². The third-order valence-electron chi connectivity index (χ3n) is 4.51. The summed E-state index contributed by atoms with van der Waals surface area (Å²) in [6, 6.07) is 10.8. The van der Waals surface area contributed by atoms with Crippen molar-refractivity contribution in [1.82, 2.24) is 20.3 Å². The number of nitrogens with zero attached hydrogens (tertiary/aromatic N) is 5. The van der Waals surface area contributed by atoms with Gasteiger partial charge in [0.2, 0.25) is 5.82 Å². The molecule has 4 rings (SSSR count). The van der Waals surface area contributed by atoms with Crippen LogP contribution < -0.4 is 9.64 Å². The maximum atomic E-state index is 12.2. The molecule has 1 aliphatic rings. The minimum Gasteiger partial charge on any atom is -0.493 e. The summed E-state index contributed by atoms with van der Waals surface area (Å²) in [6.07, 6.45) is 2.29. The van der Waals surface area contributed by atoms with Gasteiger partial charge in [-0.05, 0) is 44.0 Å². The van der Waals surface area contributed by atoms with Gasteiger partial charge in [-0.2, -0.15) is 4.98 Å². The number of esters is 1. The number of hydrogen-bond donors (Lipinski definition) is 0. The highest BCUT2D eigenvalue weighted by Gasteiger charge is 2.18. The predicted octanol–water partition coefficient (Wildman–Crippen LogP) is 2.88. The van der Waals surface area contributed by atoms with Crippen LogP contribution in [-0.4, -0.2) is 46.0 Å². The van der Waals surface area contributed by atoms with Gasteiger partial charge in [-0.3, -0.25) is 0 Å². The highest BCUT2D eigenvalue weighted by molar-refractivity contribution is 5.87. The largest absolute Gasteiger partial charge is 0.493 e. The standard InChI is InChI=1S/C20H21N5O4/c1-2-27-16-8-4-3-7-14(16)19-21-18(29-24-19)13-28-20(26)15-9-10-17(23-22-15)25-11-5-6-12-25/h3-4,7-10H,2,5-6,11-13H2,1H3. The maximum absolute atomic E-state index is 12.2. The smallest absolute Gasteiger partial charge is 0.359 e. The molecule has 3 heterocycles. The normalized spacial score (nSPS) is 13.5. The topological polar surface area (TPSA) is 103 Å². The van der Waals surface area contributed by atoms with Gasteiger partial charge in [-0.15, -0.1) is 10.2 Å². The Balaban J connectivity index is 1.38. The summed E-state index contributed by atoms with van der Waals surface area (Å²) in [5.74, 6) is 1.39. The summed E-state index contributed by atoms with van der Waals surface area (Å²) in [5, 5.41) is 12.0. The number of carbonyl (C=O) groups is 1. The van der Waals surface area contributed by atoms with Crippen molar-refractivity contribution in [3.05, 3.63) is 48.0 Å². The first kappa shape index (κ1) is 18.9. The third kappa shape index (κ3) is 4.34. The van der Waals surface area contributed by atoms with Crippen molar-refractivity contribution in [3.63, 3.8) is 0 Å². The lowest BCUT2D eigenvalue weighted by atomic mass is 10.2. The lowest BCUT2D eigenvalue weighted by molar-refractivity contribution is 0.0421. The number of benzene rings is 1. The molecule has 0 N–H and O–H groups in total. The van der Waals surface area contributed by atoms with Crippen molar-refractivity contribution in [2.45, 2.75) is 26.4 Å². The third-order valence-corrected chi connectivity index (χ3v) is 4.51. The van der Waals surface area contributed by atoms with Gasteiger partial charge in [-0.25, -0.2) is 4.79 Å². The summed E-state index contributed by atoms with van der Waals surface area (Å²) >= 11 is 0. The van der Waals surface area contributed by atoms with Crippen LogP contribution in [-0.2, 0) is 11.3 Å². The molecular weight excluding hydrogens is 374 g/mol. The number of hydrogen-bond acceptors (Lipinski definition) is 9. The van der Waals surface area contributed by atoms with Gasteiger partial charge in [0.1, 0.15) is 5.75 Å². The van der Waals surface area contributed by atoms with Gasteiger partial charge in [-0.1, -0.05) is 17.3 Å². The number of para-hydroxylation sites is 1. The minimum absolute atomic E-state index is 0.134. The molecule has 9 nitrogen and oxygen atoms in total. The quantitative estimate of drug-likeness (QED) is 0.559. The lowest BCUT2D eigenvalue weighted by Crippen LogP contribution is -2.20. The van der Waals surface area contributed by atoms with Crippen LogP contribution in [0.4, 0.5) is 5.82 Å². The van der Waals surface area contributed by atoms with Crippen molar-refractivity contribution in [3.8, 4) is 17.1 Å². The number of ether oxygens (including phenoxy) is 2. The molecule has 9 heteroatoms. The second-order valence-electron chi connectivity index (χ2n) is 6.49. The van der Waals surface area contributed by atoms with Crippen molar-refractivity contribution in [2.24, 2.45) is 0 Å². The Hall–Kier alpha value is -3.49. The van der Waals surface area contributed by atoms with Crippen LogP contribution in [0.25, 0.3) is 11.4 Å². The van der Waals surface area contributed by atoms with Crippen LogP contribution in [0.2, 0.25) is 0 Å². The first-order valence-corrected chi connectivity index (χ1v) is 9.55. The van der Waals surface area contributed by atoms with Crippen LogP contribution in [0, 0.1) is 0 Å². The number of anilines is 1. The molecule has 0 aliphatic carbocycles. The Morgan fingerprint density at radius 3 is 2.72 bits per heavy atom. The van der Waals surface area contributed by atoms with Crippen LogP contribution in [0.3, 0.4) is 0 Å². The Kier molecular flexibility index (Phi) is 5.64. The average molecular weight is 395 g/mol. The van der Waals surface area contributed by atoms with Gasteiger partial charge in [0.15, 0.2) is 18.1 Å². The van der Waals surface area contributed by atoms with Crippen molar-refractivity contribution >= 4 is 11.8 Å². The Morgan fingerprint density at radius 1 is 1.14 bits per heavy atom. The first-order valence-electron chi connectivity index (χ1n) is 9.55. The molecule has 0 radical (unpaired) electrons. The summed E-state index contributed by atoms with van der Waals surface area (Å²) in [4.78, 5) is 18.6. The van der Waals surface area contributed by atoms with E-state index in [1.807, 2.05) is 31.2 Å². The summed E-state index contributed by atoms with van der Waals surface area (Å²) in [6.45, 7) is 4.20. The highest BCUT2D eigenvalue weighted by atomic mass is 16.6. The highest BCUT2D eigenvalue weighted by Crippen LogP contribution is 2.27. The summed E-state index contributed by atoms with van der Waals surface area (Å²) in [5.41, 5.74) is 0.841. The second-order valence-corrected chi connectivity index (χ2v) is 6.49. The van der Waals surface area contributed by atoms with E-state index in [0.717, 1.165) is 31.7 Å². The zero-order chi connectivity index (χ0) is 20.1. The molecule has 0 bridgehead atoms. The maximum Gasteiger partial charge on any atom is 0.359 e. The van der Waals surface area contributed by atoms with E-state index in [9.17, 15) is 4.79 Å². The molecule has 2 aromatic heterocycles. The molecule has 1 saturated heterocycles. The van der Waals surface area contributed by atoms with Gasteiger partial charge >= 0.3 is 5.97 Å². The molecule has 3 aromatic rings. The Bertz CT molecular complexity index is 967. The van der Waals surface area contributed by atoms with Crippen LogP contribution in [0.5, 0.6) is 5.75 Å². The predicted molar refractivity (Wildman–Crippen MR) is 104 cm³/mol. The fraction of sp³-hybridized carbons (Fsp3) is 0.350. The van der Waals surface area contributed by atoms with E-state index < -0.39 is 5.97 Å². The first-order chi connectivity index (χ1) is 14.2. The van der Waals surface area contributed by atoms with Gasteiger partial charge in [0.05, 0.1) is 12.2 Å².